The minimum Gasteiger partial charge on any atom is -0.330 e. The van der Waals surface area contributed by atoms with Gasteiger partial charge in [0.05, 0.1) is 0 Å². The van der Waals surface area contributed by atoms with E-state index in [1.54, 1.807) is 0 Å². The maximum Gasteiger partial charge on any atom is -0.00490 e. The smallest absolute Gasteiger partial charge is 0.00490 e. The highest BCUT2D eigenvalue weighted by atomic mass is 14.8. The Bertz CT molecular complexity index is 144. The van der Waals surface area contributed by atoms with Gasteiger partial charge in [-0.2, -0.15) is 0 Å². The maximum absolute atomic E-state index is 5.42. The molecule has 0 aliphatic carbocycles. The summed E-state index contributed by atoms with van der Waals surface area (Å²) >= 11 is 0. The molecule has 3 N–H and O–H groups in total. The van der Waals surface area contributed by atoms with Crippen LogP contribution >= 0.6 is 0 Å². The van der Waals surface area contributed by atoms with Crippen LogP contribution in [-0.4, -0.2) is 19.6 Å². The van der Waals surface area contributed by atoms with E-state index in [1.165, 1.54) is 103 Å². The van der Waals surface area contributed by atoms with Crippen LogP contribution in [0.1, 0.15) is 111 Å². The second-order valence-electron chi connectivity index (χ2n) is 6.43. The first-order chi connectivity index (χ1) is 10.8. The molecule has 2 heteroatoms. The molecule has 22 heavy (non-hydrogen) atoms. The van der Waals surface area contributed by atoms with Crippen molar-refractivity contribution >= 4 is 0 Å². The Morgan fingerprint density at radius 3 is 1.23 bits per heavy atom. The van der Waals surface area contributed by atoms with Crippen molar-refractivity contribution in [2.45, 2.75) is 111 Å². The summed E-state index contributed by atoms with van der Waals surface area (Å²) in [5.41, 5.74) is 5.42. The van der Waals surface area contributed by atoms with Gasteiger partial charge in [-0.15, -0.1) is 0 Å². The van der Waals surface area contributed by atoms with Gasteiger partial charge in [-0.1, -0.05) is 91.4 Å². The van der Waals surface area contributed by atoms with Gasteiger partial charge in [0.25, 0.3) is 0 Å². The van der Waals surface area contributed by atoms with E-state index >= 15 is 0 Å². The zero-order valence-corrected chi connectivity index (χ0v) is 16.1. The van der Waals surface area contributed by atoms with Crippen LogP contribution in [0.3, 0.4) is 0 Å². The molecule has 0 radical (unpaired) electrons. The number of nitrogens with two attached hydrogens (primary N) is 1. The summed E-state index contributed by atoms with van der Waals surface area (Å²) < 4.78 is 0. The highest BCUT2D eigenvalue weighted by Gasteiger charge is 1.91. The van der Waals surface area contributed by atoms with Gasteiger partial charge in [0.15, 0.2) is 0 Å². The molecule has 0 saturated carbocycles. The molecular formula is C20H46N2. The van der Waals surface area contributed by atoms with Crippen molar-refractivity contribution in [3.63, 3.8) is 0 Å². The topological polar surface area (TPSA) is 38.0 Å². The highest BCUT2D eigenvalue weighted by Crippen LogP contribution is 2.09. The van der Waals surface area contributed by atoms with E-state index in [-0.39, 0.29) is 0 Å². The Labute approximate surface area is 142 Å². The molecule has 0 aliphatic heterocycles. The summed E-state index contributed by atoms with van der Waals surface area (Å²) in [6.45, 7) is 10.00. The normalized spacial score (nSPS) is 10.4. The van der Waals surface area contributed by atoms with Crippen LogP contribution in [0.5, 0.6) is 0 Å². The third-order valence-electron chi connectivity index (χ3n) is 3.97. The van der Waals surface area contributed by atoms with Gasteiger partial charge in [0.2, 0.25) is 0 Å². The summed E-state index contributed by atoms with van der Waals surface area (Å²) in [7, 11) is 0. The number of unbranched alkanes of at least 4 members (excludes halogenated alkanes) is 11. The van der Waals surface area contributed by atoms with Gasteiger partial charge in [-0.05, 0) is 38.9 Å². The molecule has 136 valence electrons. The molecule has 0 aromatic carbocycles. The fourth-order valence-corrected chi connectivity index (χ4v) is 2.36. The van der Waals surface area contributed by atoms with Gasteiger partial charge >= 0.3 is 0 Å². The largest absolute Gasteiger partial charge is 0.330 e. The third kappa shape index (κ3) is 28.1. The summed E-state index contributed by atoms with van der Waals surface area (Å²) in [5, 5.41) is 3.39. The fraction of sp³-hybridized carbons (Fsp3) is 1.00. The van der Waals surface area contributed by atoms with Crippen molar-refractivity contribution in [1.82, 2.24) is 5.32 Å². The van der Waals surface area contributed by atoms with E-state index in [1.807, 2.05) is 0 Å². The van der Waals surface area contributed by atoms with E-state index in [4.69, 9.17) is 5.73 Å². The number of nitrogens with one attached hydrogen (secondary N) is 1. The molecule has 0 heterocycles. The van der Waals surface area contributed by atoms with Crippen molar-refractivity contribution < 1.29 is 0 Å². The van der Waals surface area contributed by atoms with E-state index < -0.39 is 0 Å². The van der Waals surface area contributed by atoms with Crippen LogP contribution in [0.15, 0.2) is 0 Å². The molecule has 0 aromatic rings. The van der Waals surface area contributed by atoms with Crippen molar-refractivity contribution in [1.29, 1.82) is 0 Å². The van der Waals surface area contributed by atoms with Crippen molar-refractivity contribution in [3.05, 3.63) is 0 Å². The van der Waals surface area contributed by atoms with Crippen LogP contribution in [0.2, 0.25) is 0 Å². The predicted molar refractivity (Wildman–Crippen MR) is 104 cm³/mol. The molecule has 0 atom stereocenters. The van der Waals surface area contributed by atoms with Gasteiger partial charge in [-0.25, -0.2) is 0 Å². The van der Waals surface area contributed by atoms with E-state index in [9.17, 15) is 0 Å². The average Bonchev–Trinajstić information content (AvgIpc) is 2.54. The molecule has 0 amide bonds. The Morgan fingerprint density at radius 1 is 0.500 bits per heavy atom. The second-order valence-corrected chi connectivity index (χ2v) is 6.43. The van der Waals surface area contributed by atoms with Crippen LogP contribution < -0.4 is 11.1 Å². The quantitative estimate of drug-likeness (QED) is 0.341. The lowest BCUT2D eigenvalue weighted by Crippen LogP contribution is -2.15. The molecule has 0 fully saturated rings. The molecule has 0 aromatic heterocycles. The summed E-state index contributed by atoms with van der Waals surface area (Å²) in [4.78, 5) is 0. The molecule has 0 saturated heterocycles. The first-order valence-corrected chi connectivity index (χ1v) is 10.2. The Kier molecular flexibility index (Phi) is 28.4. The standard InChI is InChI=1S/C12H27N.C8H19N/c1-2-3-4-5-6-7-8-9-10-11-12-13;1-3-5-7-9-8-6-4-2/h2-13H2,1H3;9H,3-8H2,1-2H3. The van der Waals surface area contributed by atoms with Crippen LogP contribution in [-0.2, 0) is 0 Å². The van der Waals surface area contributed by atoms with Gasteiger partial charge in [0.1, 0.15) is 0 Å². The first kappa shape index (κ1) is 24.2. The highest BCUT2D eigenvalue weighted by molar-refractivity contribution is 4.47. The zero-order chi connectivity index (χ0) is 16.7. The van der Waals surface area contributed by atoms with Gasteiger partial charge in [0, 0.05) is 0 Å². The average molecular weight is 315 g/mol. The Hall–Kier alpha value is -0.0800. The summed E-state index contributed by atoms with van der Waals surface area (Å²) in [6, 6.07) is 0. The summed E-state index contributed by atoms with van der Waals surface area (Å²) in [5.74, 6) is 0. The monoisotopic (exact) mass is 314 g/mol. The SMILES string of the molecule is CCCCCCCCCCCCN.CCCCNCCCC. The lowest BCUT2D eigenvalue weighted by atomic mass is 10.1. The maximum atomic E-state index is 5.42. The van der Waals surface area contributed by atoms with Crippen LogP contribution in [0, 0.1) is 0 Å². The fourth-order valence-electron chi connectivity index (χ4n) is 2.36. The molecule has 0 bridgehead atoms. The van der Waals surface area contributed by atoms with Crippen LogP contribution in [0.4, 0.5) is 0 Å². The van der Waals surface area contributed by atoms with Crippen LogP contribution in [0.25, 0.3) is 0 Å². The van der Waals surface area contributed by atoms with E-state index in [0.29, 0.717) is 0 Å². The lowest BCUT2D eigenvalue weighted by Gasteiger charge is -2.00. The van der Waals surface area contributed by atoms with Crippen molar-refractivity contribution in [3.8, 4) is 0 Å². The number of rotatable bonds is 16. The van der Waals surface area contributed by atoms with E-state index in [2.05, 4.69) is 26.1 Å². The third-order valence-corrected chi connectivity index (χ3v) is 3.97. The Morgan fingerprint density at radius 2 is 0.864 bits per heavy atom. The summed E-state index contributed by atoms with van der Waals surface area (Å²) in [6.07, 6.45) is 19.2. The molecule has 2 nitrogen and oxygen atoms in total. The lowest BCUT2D eigenvalue weighted by molar-refractivity contribution is 0.558. The Balaban J connectivity index is 0. The molecule has 0 spiro atoms. The van der Waals surface area contributed by atoms with Gasteiger partial charge < -0.3 is 11.1 Å². The molecule has 0 rings (SSSR count). The molecule has 0 unspecified atom stereocenters. The molecule has 0 aliphatic rings. The zero-order valence-electron chi connectivity index (χ0n) is 16.1. The van der Waals surface area contributed by atoms with Crippen molar-refractivity contribution in [2.75, 3.05) is 19.6 Å². The molecular weight excluding hydrogens is 268 g/mol. The minimum atomic E-state index is 0.872. The first-order valence-electron chi connectivity index (χ1n) is 10.2. The van der Waals surface area contributed by atoms with E-state index in [0.717, 1.165) is 6.54 Å². The van der Waals surface area contributed by atoms with Crippen molar-refractivity contribution in [2.24, 2.45) is 5.73 Å². The number of hydrogen-bond donors (Lipinski definition) is 2. The minimum absolute atomic E-state index is 0.872. The van der Waals surface area contributed by atoms with Gasteiger partial charge in [-0.3, -0.25) is 0 Å². The second kappa shape index (κ2) is 25.9. The predicted octanol–water partition coefficient (Wildman–Crippen LogP) is 6.04. The number of hydrogen-bond acceptors (Lipinski definition) is 2.